The standard InChI is InChI=1S/C14H19F3N2O2/c1-19(7-4-11-5-8-20-9-6-11)13-3-2-12(10-18-13)21-14(15,16)17/h2-3,10-11H,4-9H2,1H3. The minimum Gasteiger partial charge on any atom is -0.404 e. The summed E-state index contributed by atoms with van der Waals surface area (Å²) in [6, 6.07) is 2.81. The minimum absolute atomic E-state index is 0.302. The summed E-state index contributed by atoms with van der Waals surface area (Å²) in [5.74, 6) is 0.981. The molecule has 0 spiro atoms. The van der Waals surface area contributed by atoms with Gasteiger partial charge in [-0.1, -0.05) is 0 Å². The Hall–Kier alpha value is -1.50. The van der Waals surface area contributed by atoms with Crippen molar-refractivity contribution in [1.82, 2.24) is 4.98 Å². The summed E-state index contributed by atoms with van der Waals surface area (Å²) in [6.07, 6.45) is -0.423. The van der Waals surface area contributed by atoms with Crippen molar-refractivity contribution in [2.24, 2.45) is 5.92 Å². The summed E-state index contributed by atoms with van der Waals surface area (Å²) in [4.78, 5) is 5.94. The molecule has 0 aliphatic carbocycles. The van der Waals surface area contributed by atoms with Gasteiger partial charge in [0.15, 0.2) is 0 Å². The molecule has 1 aromatic rings. The van der Waals surface area contributed by atoms with Crippen molar-refractivity contribution in [1.29, 1.82) is 0 Å². The predicted molar refractivity (Wildman–Crippen MR) is 72.4 cm³/mol. The van der Waals surface area contributed by atoms with Crippen LogP contribution in [-0.2, 0) is 4.74 Å². The quantitative estimate of drug-likeness (QED) is 0.836. The molecule has 118 valence electrons. The summed E-state index contributed by atoms with van der Waals surface area (Å²) in [7, 11) is 1.88. The van der Waals surface area contributed by atoms with Crippen LogP contribution in [0.5, 0.6) is 5.75 Å². The van der Waals surface area contributed by atoms with E-state index in [9.17, 15) is 13.2 Å². The number of alkyl halides is 3. The molecule has 0 saturated carbocycles. The topological polar surface area (TPSA) is 34.6 Å². The average Bonchev–Trinajstić information content (AvgIpc) is 2.45. The van der Waals surface area contributed by atoms with Crippen LogP contribution < -0.4 is 9.64 Å². The van der Waals surface area contributed by atoms with Gasteiger partial charge in [0.05, 0.1) is 6.20 Å². The number of hydrogen-bond acceptors (Lipinski definition) is 4. The Morgan fingerprint density at radius 1 is 1.33 bits per heavy atom. The second kappa shape index (κ2) is 6.98. The highest BCUT2D eigenvalue weighted by atomic mass is 19.4. The Morgan fingerprint density at radius 2 is 2.05 bits per heavy atom. The summed E-state index contributed by atoms with van der Waals surface area (Å²) in [5.41, 5.74) is 0. The van der Waals surface area contributed by atoms with E-state index in [1.54, 1.807) is 0 Å². The highest BCUT2D eigenvalue weighted by Gasteiger charge is 2.31. The lowest BCUT2D eigenvalue weighted by atomic mass is 9.96. The van der Waals surface area contributed by atoms with Crippen LogP contribution in [0.1, 0.15) is 19.3 Å². The van der Waals surface area contributed by atoms with Crippen molar-refractivity contribution in [3.05, 3.63) is 18.3 Å². The monoisotopic (exact) mass is 304 g/mol. The number of nitrogens with zero attached hydrogens (tertiary/aromatic N) is 2. The summed E-state index contributed by atoms with van der Waals surface area (Å²) in [5, 5.41) is 0. The van der Waals surface area contributed by atoms with Crippen LogP contribution in [0.4, 0.5) is 19.0 Å². The lowest BCUT2D eigenvalue weighted by Gasteiger charge is -2.25. The van der Waals surface area contributed by atoms with Gasteiger partial charge >= 0.3 is 6.36 Å². The first kappa shape index (κ1) is 15.9. The van der Waals surface area contributed by atoms with Crippen LogP contribution in [0.25, 0.3) is 0 Å². The van der Waals surface area contributed by atoms with Crippen molar-refractivity contribution in [2.75, 3.05) is 31.7 Å². The van der Waals surface area contributed by atoms with E-state index in [1.807, 2.05) is 11.9 Å². The molecule has 0 atom stereocenters. The number of aromatic nitrogens is 1. The molecule has 1 aliphatic heterocycles. The number of anilines is 1. The molecule has 0 amide bonds. The van der Waals surface area contributed by atoms with Crippen molar-refractivity contribution < 1.29 is 22.6 Å². The lowest BCUT2D eigenvalue weighted by Crippen LogP contribution is -2.24. The first-order valence-corrected chi connectivity index (χ1v) is 6.95. The molecular formula is C14H19F3N2O2. The van der Waals surface area contributed by atoms with E-state index in [0.29, 0.717) is 11.7 Å². The molecule has 0 unspecified atom stereocenters. The smallest absolute Gasteiger partial charge is 0.404 e. The second-order valence-electron chi connectivity index (χ2n) is 5.17. The zero-order valence-corrected chi connectivity index (χ0v) is 11.9. The largest absolute Gasteiger partial charge is 0.573 e. The van der Waals surface area contributed by atoms with E-state index < -0.39 is 6.36 Å². The Balaban J connectivity index is 1.83. The van der Waals surface area contributed by atoms with Crippen LogP contribution in [0, 0.1) is 5.92 Å². The third-order valence-corrected chi connectivity index (χ3v) is 3.56. The summed E-state index contributed by atoms with van der Waals surface area (Å²) < 4.78 is 45.3. The van der Waals surface area contributed by atoms with Crippen molar-refractivity contribution in [3.63, 3.8) is 0 Å². The third kappa shape index (κ3) is 5.41. The molecule has 0 aromatic carbocycles. The molecule has 4 nitrogen and oxygen atoms in total. The fourth-order valence-corrected chi connectivity index (χ4v) is 2.32. The molecule has 1 fully saturated rings. The second-order valence-corrected chi connectivity index (χ2v) is 5.17. The molecule has 2 rings (SSSR count). The highest BCUT2D eigenvalue weighted by molar-refractivity contribution is 5.39. The zero-order valence-electron chi connectivity index (χ0n) is 11.9. The van der Waals surface area contributed by atoms with Crippen LogP contribution >= 0.6 is 0 Å². The molecule has 0 radical (unpaired) electrons. The normalized spacial score (nSPS) is 16.8. The summed E-state index contributed by atoms with van der Waals surface area (Å²) >= 11 is 0. The molecular weight excluding hydrogens is 285 g/mol. The molecule has 0 N–H and O–H groups in total. The number of hydrogen-bond donors (Lipinski definition) is 0. The van der Waals surface area contributed by atoms with Crippen molar-refractivity contribution >= 4 is 5.82 Å². The lowest BCUT2D eigenvalue weighted by molar-refractivity contribution is -0.274. The summed E-state index contributed by atoms with van der Waals surface area (Å²) in [6.45, 7) is 2.45. The van der Waals surface area contributed by atoms with E-state index in [2.05, 4.69) is 9.72 Å². The maximum atomic E-state index is 12.1. The fourth-order valence-electron chi connectivity index (χ4n) is 2.32. The first-order valence-electron chi connectivity index (χ1n) is 6.95. The van der Waals surface area contributed by atoms with Crippen molar-refractivity contribution in [3.8, 4) is 5.75 Å². The van der Waals surface area contributed by atoms with Gasteiger partial charge in [0.25, 0.3) is 0 Å². The Labute approximate surface area is 121 Å². The van der Waals surface area contributed by atoms with E-state index in [-0.39, 0.29) is 5.75 Å². The predicted octanol–water partition coefficient (Wildman–Crippen LogP) is 3.23. The van der Waals surface area contributed by atoms with E-state index in [1.165, 1.54) is 12.1 Å². The molecule has 7 heteroatoms. The maximum absolute atomic E-state index is 12.1. The number of pyridine rings is 1. The molecule has 0 bridgehead atoms. The first-order chi connectivity index (χ1) is 9.94. The highest BCUT2D eigenvalue weighted by Crippen LogP contribution is 2.24. The van der Waals surface area contributed by atoms with Crippen molar-refractivity contribution in [2.45, 2.75) is 25.6 Å². The minimum atomic E-state index is -4.68. The van der Waals surface area contributed by atoms with Crippen LogP contribution in [-0.4, -0.2) is 38.2 Å². The van der Waals surface area contributed by atoms with Gasteiger partial charge in [-0.2, -0.15) is 0 Å². The van der Waals surface area contributed by atoms with Gasteiger partial charge in [-0.05, 0) is 37.3 Å². The molecule has 1 aromatic heterocycles. The van der Waals surface area contributed by atoms with E-state index in [0.717, 1.165) is 45.2 Å². The molecule has 1 saturated heterocycles. The van der Waals surface area contributed by atoms with Crippen LogP contribution in [0.3, 0.4) is 0 Å². The Kier molecular flexibility index (Phi) is 5.27. The van der Waals surface area contributed by atoms with Gasteiger partial charge < -0.3 is 14.4 Å². The number of halogens is 3. The molecule has 2 heterocycles. The van der Waals surface area contributed by atoms with Gasteiger partial charge in [0.2, 0.25) is 0 Å². The van der Waals surface area contributed by atoms with Gasteiger partial charge in [0.1, 0.15) is 11.6 Å². The molecule has 21 heavy (non-hydrogen) atoms. The Morgan fingerprint density at radius 3 is 2.62 bits per heavy atom. The zero-order chi connectivity index (χ0) is 15.3. The number of ether oxygens (including phenoxy) is 2. The van der Waals surface area contributed by atoms with Crippen LogP contribution in [0.15, 0.2) is 18.3 Å². The SMILES string of the molecule is CN(CCC1CCOCC1)c1ccc(OC(F)(F)F)cn1. The van der Waals surface area contributed by atoms with Gasteiger partial charge in [-0.15, -0.1) is 13.2 Å². The third-order valence-electron chi connectivity index (χ3n) is 3.56. The van der Waals surface area contributed by atoms with E-state index in [4.69, 9.17) is 4.74 Å². The fraction of sp³-hybridized carbons (Fsp3) is 0.643. The maximum Gasteiger partial charge on any atom is 0.573 e. The van der Waals surface area contributed by atoms with Gasteiger partial charge in [-0.3, -0.25) is 0 Å². The number of rotatable bonds is 5. The van der Waals surface area contributed by atoms with Gasteiger partial charge in [-0.25, -0.2) is 4.98 Å². The van der Waals surface area contributed by atoms with Gasteiger partial charge in [0, 0.05) is 26.8 Å². The van der Waals surface area contributed by atoms with Crippen LogP contribution in [0.2, 0.25) is 0 Å². The Bertz CT molecular complexity index is 431. The van der Waals surface area contributed by atoms with E-state index >= 15 is 0 Å². The average molecular weight is 304 g/mol. The molecule has 1 aliphatic rings.